The molecule has 1 atom stereocenters. The molecule has 2 aromatic rings. The Hall–Kier alpha value is -2.56. The fraction of sp³-hybridized carbons (Fsp3) is 0.227. The topological polar surface area (TPSA) is 74.8 Å². The molecule has 2 amide bonds. The van der Waals surface area contributed by atoms with Gasteiger partial charge in [0.05, 0.1) is 40.3 Å². The Morgan fingerprint density at radius 3 is 2.47 bits per heavy atom. The van der Waals surface area contributed by atoms with Crippen LogP contribution >= 0.6 is 24.0 Å². The maximum atomic E-state index is 13.5. The highest BCUT2D eigenvalue weighted by Gasteiger charge is 2.46. The van der Waals surface area contributed by atoms with Crippen LogP contribution in [0.4, 0.5) is 10.1 Å². The van der Waals surface area contributed by atoms with Crippen LogP contribution in [-0.4, -0.2) is 47.0 Å². The summed E-state index contributed by atoms with van der Waals surface area (Å²) < 4.78 is 37.4. The molecular formula is C22H17FN2O4S3. The molecule has 10 heteroatoms. The van der Waals surface area contributed by atoms with E-state index in [9.17, 15) is 22.4 Å². The Morgan fingerprint density at radius 2 is 1.78 bits per heavy atom. The number of amides is 2. The van der Waals surface area contributed by atoms with E-state index in [-0.39, 0.29) is 44.6 Å². The number of thioether (sulfide) groups is 1. The molecule has 0 saturated carbocycles. The van der Waals surface area contributed by atoms with Crippen molar-refractivity contribution in [1.82, 2.24) is 4.90 Å². The van der Waals surface area contributed by atoms with Crippen LogP contribution in [0.1, 0.15) is 17.5 Å². The van der Waals surface area contributed by atoms with E-state index in [1.807, 2.05) is 0 Å². The molecule has 0 aliphatic carbocycles. The quantitative estimate of drug-likeness (QED) is 0.488. The van der Waals surface area contributed by atoms with Gasteiger partial charge in [0.15, 0.2) is 9.84 Å². The van der Waals surface area contributed by atoms with Gasteiger partial charge in [-0.2, -0.15) is 0 Å². The minimum absolute atomic E-state index is 0.0217. The van der Waals surface area contributed by atoms with Gasteiger partial charge in [-0.05, 0) is 30.2 Å². The first-order valence-electron chi connectivity index (χ1n) is 9.91. The largest absolute Gasteiger partial charge is 0.303 e. The van der Waals surface area contributed by atoms with Crippen LogP contribution in [0.25, 0.3) is 5.57 Å². The molecule has 2 fully saturated rings. The Labute approximate surface area is 194 Å². The summed E-state index contributed by atoms with van der Waals surface area (Å²) in [5, 5.41) is 0. The zero-order valence-corrected chi connectivity index (χ0v) is 19.1. The zero-order valence-electron chi connectivity index (χ0n) is 16.7. The van der Waals surface area contributed by atoms with Gasteiger partial charge >= 0.3 is 0 Å². The molecule has 0 N–H and O–H groups in total. The predicted molar refractivity (Wildman–Crippen MR) is 125 cm³/mol. The van der Waals surface area contributed by atoms with Crippen molar-refractivity contribution in [3.8, 4) is 0 Å². The number of nitrogens with zero attached hydrogens (tertiary/aromatic N) is 2. The SMILES string of the molecule is O=C1/C(=C2\SC(=S)N([C@@H]3CCS(=O)(=O)C3)C2=O)c2ccccc2N1Cc1ccc(F)cc1. The lowest BCUT2D eigenvalue weighted by Gasteiger charge is -2.21. The zero-order chi connectivity index (χ0) is 22.6. The number of fused-ring (bicyclic) bond motifs is 1. The number of para-hydroxylation sites is 1. The van der Waals surface area contributed by atoms with Crippen molar-refractivity contribution in [2.75, 3.05) is 16.4 Å². The number of carbonyl (C=O) groups is 2. The van der Waals surface area contributed by atoms with Crippen LogP contribution in [0.3, 0.4) is 0 Å². The third-order valence-electron chi connectivity index (χ3n) is 5.78. The first-order valence-corrected chi connectivity index (χ1v) is 13.0. The third-order valence-corrected chi connectivity index (χ3v) is 8.93. The smallest absolute Gasteiger partial charge is 0.267 e. The second-order valence-corrected chi connectivity index (χ2v) is 11.7. The number of sulfone groups is 1. The van der Waals surface area contributed by atoms with Crippen LogP contribution in [0.2, 0.25) is 0 Å². The van der Waals surface area contributed by atoms with Crippen molar-refractivity contribution in [2.24, 2.45) is 0 Å². The summed E-state index contributed by atoms with van der Waals surface area (Å²) in [6.45, 7) is 0.223. The molecule has 32 heavy (non-hydrogen) atoms. The number of halogens is 1. The molecule has 3 aliphatic heterocycles. The molecule has 0 bridgehead atoms. The highest BCUT2D eigenvalue weighted by molar-refractivity contribution is 8.26. The van der Waals surface area contributed by atoms with Crippen molar-refractivity contribution in [3.63, 3.8) is 0 Å². The van der Waals surface area contributed by atoms with Crippen LogP contribution in [0.15, 0.2) is 53.4 Å². The standard InChI is InChI=1S/C22H17FN2O4S3/c23-14-7-5-13(6-8-14)11-24-17-4-2-1-3-16(17)18(20(24)26)19-21(27)25(22(30)31-19)15-9-10-32(28,29)12-15/h1-8,15H,9-12H2/b19-18-/t15-/m1/s1. The minimum Gasteiger partial charge on any atom is -0.303 e. The fourth-order valence-electron chi connectivity index (χ4n) is 4.25. The summed E-state index contributed by atoms with van der Waals surface area (Å²) in [6.07, 6.45) is 0.332. The summed E-state index contributed by atoms with van der Waals surface area (Å²) in [7, 11) is -3.20. The summed E-state index contributed by atoms with van der Waals surface area (Å²) in [4.78, 5) is 29.9. The van der Waals surface area contributed by atoms with Crippen molar-refractivity contribution < 1.29 is 22.4 Å². The first kappa shape index (κ1) is 21.3. The molecule has 164 valence electrons. The van der Waals surface area contributed by atoms with E-state index in [0.29, 0.717) is 17.7 Å². The number of hydrogen-bond acceptors (Lipinski definition) is 6. The summed E-state index contributed by atoms with van der Waals surface area (Å²) in [5.41, 5.74) is 2.30. The van der Waals surface area contributed by atoms with Gasteiger partial charge in [0.2, 0.25) is 0 Å². The van der Waals surface area contributed by atoms with Gasteiger partial charge in [0.25, 0.3) is 11.8 Å². The van der Waals surface area contributed by atoms with Crippen LogP contribution in [0, 0.1) is 5.82 Å². The van der Waals surface area contributed by atoms with E-state index in [4.69, 9.17) is 12.2 Å². The van der Waals surface area contributed by atoms with Gasteiger partial charge in [-0.15, -0.1) is 0 Å². The van der Waals surface area contributed by atoms with E-state index in [2.05, 4.69) is 0 Å². The number of anilines is 1. The molecule has 2 aromatic carbocycles. The van der Waals surface area contributed by atoms with E-state index in [0.717, 1.165) is 17.3 Å². The number of thiocarbonyl (C=S) groups is 1. The van der Waals surface area contributed by atoms with Gasteiger partial charge in [-0.3, -0.25) is 14.5 Å². The predicted octanol–water partition coefficient (Wildman–Crippen LogP) is 3.13. The van der Waals surface area contributed by atoms with E-state index in [1.54, 1.807) is 41.3 Å². The number of carbonyl (C=O) groups excluding carboxylic acids is 2. The molecular weight excluding hydrogens is 471 g/mol. The van der Waals surface area contributed by atoms with E-state index >= 15 is 0 Å². The maximum Gasteiger partial charge on any atom is 0.267 e. The molecule has 0 unspecified atom stereocenters. The van der Waals surface area contributed by atoms with Gasteiger partial charge in [0, 0.05) is 5.56 Å². The molecule has 2 saturated heterocycles. The average molecular weight is 489 g/mol. The highest BCUT2D eigenvalue weighted by Crippen LogP contribution is 2.46. The Kier molecular flexibility index (Phi) is 5.18. The highest BCUT2D eigenvalue weighted by atomic mass is 32.2. The number of rotatable bonds is 3. The summed E-state index contributed by atoms with van der Waals surface area (Å²) in [5.74, 6) is -1.23. The fourth-order valence-corrected chi connectivity index (χ4v) is 7.42. The van der Waals surface area contributed by atoms with E-state index in [1.165, 1.54) is 17.0 Å². The molecule has 0 spiro atoms. The van der Waals surface area contributed by atoms with E-state index < -0.39 is 21.8 Å². The van der Waals surface area contributed by atoms with Crippen molar-refractivity contribution in [2.45, 2.75) is 19.0 Å². The normalized spacial score (nSPS) is 24.5. The van der Waals surface area contributed by atoms with Crippen LogP contribution < -0.4 is 4.90 Å². The average Bonchev–Trinajstić information content (AvgIpc) is 3.35. The molecule has 3 aliphatic rings. The Bertz CT molecular complexity index is 1300. The first-order chi connectivity index (χ1) is 15.2. The van der Waals surface area contributed by atoms with Gasteiger partial charge in [0.1, 0.15) is 10.1 Å². The Morgan fingerprint density at radius 1 is 1.06 bits per heavy atom. The monoisotopic (exact) mass is 488 g/mol. The molecule has 3 heterocycles. The second-order valence-electron chi connectivity index (χ2n) is 7.84. The molecule has 0 radical (unpaired) electrons. The van der Waals surface area contributed by atoms with Gasteiger partial charge in [-0.1, -0.05) is 54.3 Å². The lowest BCUT2D eigenvalue weighted by molar-refractivity contribution is -0.123. The lowest BCUT2D eigenvalue weighted by atomic mass is 10.1. The van der Waals surface area contributed by atoms with Crippen molar-refractivity contribution >= 4 is 61.2 Å². The second kappa shape index (κ2) is 7.79. The Balaban J connectivity index is 1.53. The summed E-state index contributed by atoms with van der Waals surface area (Å²) >= 11 is 6.44. The van der Waals surface area contributed by atoms with Crippen molar-refractivity contribution in [3.05, 3.63) is 70.4 Å². The lowest BCUT2D eigenvalue weighted by Crippen LogP contribution is -2.39. The molecule has 0 aromatic heterocycles. The molecule has 6 nitrogen and oxygen atoms in total. The molecule has 5 rings (SSSR count). The minimum atomic E-state index is -3.20. The van der Waals surface area contributed by atoms with Gasteiger partial charge in [-0.25, -0.2) is 12.8 Å². The third kappa shape index (κ3) is 3.56. The van der Waals surface area contributed by atoms with Gasteiger partial charge < -0.3 is 4.90 Å². The van der Waals surface area contributed by atoms with Crippen LogP contribution in [-0.2, 0) is 26.0 Å². The van der Waals surface area contributed by atoms with Crippen LogP contribution in [0.5, 0.6) is 0 Å². The maximum absolute atomic E-state index is 13.5. The number of hydrogen-bond donors (Lipinski definition) is 0. The number of benzene rings is 2. The van der Waals surface area contributed by atoms with Crippen molar-refractivity contribution in [1.29, 1.82) is 0 Å². The summed E-state index contributed by atoms with van der Waals surface area (Å²) in [6, 6.07) is 12.6.